The number of ether oxygens (including phenoxy) is 2. The Kier molecular flexibility index (Phi) is 9.13. The van der Waals surface area contributed by atoms with Gasteiger partial charge in [-0.2, -0.15) is 13.2 Å². The quantitative estimate of drug-likeness (QED) is 0.663. The van der Waals surface area contributed by atoms with Crippen molar-refractivity contribution < 1.29 is 41.0 Å². The number of alkyl halides is 3. The summed E-state index contributed by atoms with van der Waals surface area (Å²) in [5, 5.41) is 7.12. The molecule has 0 aromatic rings. The molecule has 1 spiro atoms. The van der Waals surface area contributed by atoms with Crippen LogP contribution in [0.3, 0.4) is 0 Å². The van der Waals surface area contributed by atoms with Crippen LogP contribution in [0.4, 0.5) is 13.2 Å². The van der Waals surface area contributed by atoms with Crippen LogP contribution >= 0.6 is 0 Å². The van der Waals surface area contributed by atoms with Gasteiger partial charge >= 0.3 is 12.1 Å². The van der Waals surface area contributed by atoms with Gasteiger partial charge in [-0.05, 0) is 18.3 Å². The zero-order valence-corrected chi connectivity index (χ0v) is 17.2. The van der Waals surface area contributed by atoms with Gasteiger partial charge in [0.1, 0.15) is 0 Å². The lowest BCUT2D eigenvalue weighted by atomic mass is 9.71. The van der Waals surface area contributed by atoms with Gasteiger partial charge in [-0.3, -0.25) is 0 Å². The summed E-state index contributed by atoms with van der Waals surface area (Å²) in [5.74, 6) is -2.27. The number of halogens is 3. The van der Waals surface area contributed by atoms with Crippen LogP contribution in [0, 0.1) is 11.3 Å². The SMILES string of the molecule is COCCN1CC(COC)C2(CCN(S(C)(=O)=O)CC2)C1.O=C(O)C(F)(F)F. The van der Waals surface area contributed by atoms with Crippen LogP contribution in [0.5, 0.6) is 0 Å². The fourth-order valence-electron chi connectivity index (χ4n) is 3.80. The molecule has 2 aliphatic rings. The highest BCUT2D eigenvalue weighted by Gasteiger charge is 2.48. The molecule has 8 nitrogen and oxygen atoms in total. The van der Waals surface area contributed by atoms with Gasteiger partial charge in [0.15, 0.2) is 0 Å². The molecule has 12 heteroatoms. The van der Waals surface area contributed by atoms with E-state index in [0.29, 0.717) is 19.0 Å². The van der Waals surface area contributed by atoms with Gasteiger partial charge in [-0.15, -0.1) is 0 Å². The second kappa shape index (κ2) is 10.2. The molecule has 166 valence electrons. The van der Waals surface area contributed by atoms with E-state index in [-0.39, 0.29) is 5.41 Å². The number of carbonyl (C=O) groups is 1. The second-order valence-electron chi connectivity index (χ2n) is 7.21. The first-order chi connectivity index (χ1) is 12.9. The number of nitrogens with zero attached hydrogens (tertiary/aromatic N) is 2. The first-order valence-electron chi connectivity index (χ1n) is 8.81. The number of likely N-dealkylation sites (tertiary alicyclic amines) is 1. The Morgan fingerprint density at radius 1 is 1.21 bits per heavy atom. The maximum atomic E-state index is 11.7. The smallest absolute Gasteiger partial charge is 0.475 e. The van der Waals surface area contributed by atoms with Gasteiger partial charge < -0.3 is 19.5 Å². The molecule has 0 bridgehead atoms. The van der Waals surface area contributed by atoms with Crippen molar-refractivity contribution in [2.45, 2.75) is 19.0 Å². The summed E-state index contributed by atoms with van der Waals surface area (Å²) >= 11 is 0. The number of aliphatic carboxylic acids is 1. The third kappa shape index (κ3) is 7.14. The molecule has 0 radical (unpaired) electrons. The number of sulfonamides is 1. The van der Waals surface area contributed by atoms with Crippen molar-refractivity contribution in [2.75, 3.05) is 66.4 Å². The van der Waals surface area contributed by atoms with Crippen LogP contribution in [0.25, 0.3) is 0 Å². The second-order valence-corrected chi connectivity index (χ2v) is 9.19. The highest BCUT2D eigenvalue weighted by atomic mass is 32.2. The Hall–Kier alpha value is -0.950. The Balaban J connectivity index is 0.000000480. The monoisotopic (exact) mass is 434 g/mol. The number of piperidine rings is 1. The van der Waals surface area contributed by atoms with Gasteiger partial charge in [-0.25, -0.2) is 17.5 Å². The molecule has 0 aromatic heterocycles. The minimum atomic E-state index is -5.08. The van der Waals surface area contributed by atoms with Crippen molar-refractivity contribution in [3.05, 3.63) is 0 Å². The van der Waals surface area contributed by atoms with Crippen molar-refractivity contribution in [3.8, 4) is 0 Å². The fraction of sp³-hybridized carbons (Fsp3) is 0.938. The Morgan fingerprint density at radius 3 is 2.14 bits per heavy atom. The molecule has 0 aromatic carbocycles. The predicted octanol–water partition coefficient (Wildman–Crippen LogP) is 0.886. The summed E-state index contributed by atoms with van der Waals surface area (Å²) in [7, 11) is 0.411. The minimum Gasteiger partial charge on any atom is -0.475 e. The van der Waals surface area contributed by atoms with Gasteiger partial charge in [0.2, 0.25) is 10.0 Å². The third-order valence-electron chi connectivity index (χ3n) is 5.29. The Morgan fingerprint density at radius 2 is 1.75 bits per heavy atom. The fourth-order valence-corrected chi connectivity index (χ4v) is 4.64. The van der Waals surface area contributed by atoms with Crippen molar-refractivity contribution in [1.82, 2.24) is 9.21 Å². The number of carboxylic acid groups (broad SMARTS) is 1. The Bertz CT molecular complexity index is 606. The molecular weight excluding hydrogens is 405 g/mol. The molecular formula is C16H29F3N2O6S. The van der Waals surface area contributed by atoms with Gasteiger partial charge in [0.05, 0.1) is 19.5 Å². The molecule has 2 fully saturated rings. The van der Waals surface area contributed by atoms with Crippen LogP contribution in [0.1, 0.15) is 12.8 Å². The van der Waals surface area contributed by atoms with Crippen LogP contribution in [-0.4, -0.2) is 101 Å². The summed E-state index contributed by atoms with van der Waals surface area (Å²) in [6.45, 7) is 5.76. The lowest BCUT2D eigenvalue weighted by molar-refractivity contribution is -0.192. The van der Waals surface area contributed by atoms with E-state index in [1.807, 2.05) is 0 Å². The van der Waals surface area contributed by atoms with Crippen LogP contribution in [0.15, 0.2) is 0 Å². The minimum absolute atomic E-state index is 0.199. The molecule has 1 unspecified atom stereocenters. The third-order valence-corrected chi connectivity index (χ3v) is 6.60. The van der Waals surface area contributed by atoms with Gasteiger partial charge in [-0.1, -0.05) is 0 Å². The van der Waals surface area contributed by atoms with Crippen molar-refractivity contribution in [2.24, 2.45) is 11.3 Å². The lowest BCUT2D eigenvalue weighted by Crippen LogP contribution is -2.46. The number of methoxy groups -OCH3 is 2. The van der Waals surface area contributed by atoms with E-state index in [4.69, 9.17) is 19.4 Å². The maximum Gasteiger partial charge on any atom is 0.490 e. The molecule has 0 aliphatic carbocycles. The van der Waals surface area contributed by atoms with Crippen LogP contribution in [0.2, 0.25) is 0 Å². The lowest BCUT2D eigenvalue weighted by Gasteiger charge is -2.41. The number of hydrogen-bond donors (Lipinski definition) is 1. The van der Waals surface area contributed by atoms with Gasteiger partial charge in [0.25, 0.3) is 0 Å². The summed E-state index contributed by atoms with van der Waals surface area (Å²) < 4.78 is 67.3. The molecule has 2 rings (SSSR count). The number of rotatable bonds is 6. The van der Waals surface area contributed by atoms with E-state index in [1.165, 1.54) is 6.26 Å². The van der Waals surface area contributed by atoms with E-state index in [9.17, 15) is 21.6 Å². The standard InChI is InChI=1S/C14H28N2O4S.C2HF3O2/c1-19-9-8-15-10-13(11-20-2)14(12-15)4-6-16(7-5-14)21(3,17)18;3-2(4,5)1(6)7/h13H,4-12H2,1-3H3;(H,6,7). The highest BCUT2D eigenvalue weighted by molar-refractivity contribution is 7.88. The highest BCUT2D eigenvalue weighted by Crippen LogP contribution is 2.45. The zero-order valence-electron chi connectivity index (χ0n) is 16.4. The van der Waals surface area contributed by atoms with E-state index >= 15 is 0 Å². The molecule has 2 aliphatic heterocycles. The topological polar surface area (TPSA) is 96.4 Å². The largest absolute Gasteiger partial charge is 0.490 e. The molecule has 2 saturated heterocycles. The van der Waals surface area contributed by atoms with E-state index in [2.05, 4.69) is 4.90 Å². The van der Waals surface area contributed by atoms with Crippen LogP contribution < -0.4 is 0 Å². The molecule has 2 heterocycles. The molecule has 0 amide bonds. The zero-order chi connectivity index (χ0) is 21.6. The van der Waals surface area contributed by atoms with Gasteiger partial charge in [0, 0.05) is 52.9 Å². The van der Waals surface area contributed by atoms with Crippen LogP contribution in [-0.2, 0) is 24.3 Å². The summed E-state index contributed by atoms with van der Waals surface area (Å²) in [6.07, 6.45) is -1.92. The molecule has 28 heavy (non-hydrogen) atoms. The first-order valence-corrected chi connectivity index (χ1v) is 10.7. The average molecular weight is 434 g/mol. The summed E-state index contributed by atoms with van der Waals surface area (Å²) in [4.78, 5) is 11.3. The van der Waals surface area contributed by atoms with Crippen molar-refractivity contribution in [1.29, 1.82) is 0 Å². The number of hydrogen-bond acceptors (Lipinski definition) is 6. The van der Waals surface area contributed by atoms with E-state index in [1.54, 1.807) is 18.5 Å². The van der Waals surface area contributed by atoms with Crippen molar-refractivity contribution in [3.63, 3.8) is 0 Å². The molecule has 1 atom stereocenters. The normalized spacial score (nSPS) is 23.4. The average Bonchev–Trinajstić information content (AvgIpc) is 2.90. The maximum absolute atomic E-state index is 11.7. The van der Waals surface area contributed by atoms with E-state index in [0.717, 1.165) is 45.7 Å². The van der Waals surface area contributed by atoms with E-state index < -0.39 is 22.2 Å². The predicted molar refractivity (Wildman–Crippen MR) is 95.5 cm³/mol. The number of carboxylic acids is 1. The Labute approximate surface area is 163 Å². The summed E-state index contributed by atoms with van der Waals surface area (Å²) in [5.41, 5.74) is 0.199. The molecule has 0 saturated carbocycles. The van der Waals surface area contributed by atoms with Crippen molar-refractivity contribution >= 4 is 16.0 Å². The molecule has 1 N–H and O–H groups in total. The first kappa shape index (κ1) is 25.1. The summed E-state index contributed by atoms with van der Waals surface area (Å²) in [6, 6.07) is 0.